The molecule has 176 valence electrons. The van der Waals surface area contributed by atoms with Gasteiger partial charge in [-0.1, -0.05) is 12.1 Å². The van der Waals surface area contributed by atoms with Gasteiger partial charge in [-0.2, -0.15) is 0 Å². The highest BCUT2D eigenvalue weighted by molar-refractivity contribution is 6.46. The molecule has 1 aliphatic heterocycles. The molecule has 2 heterocycles. The number of H-pyrrole nitrogens is 1. The highest BCUT2D eigenvalue weighted by Gasteiger charge is 2.46. The molecule has 0 saturated carbocycles. The Bertz CT molecular complexity index is 1110. The van der Waals surface area contributed by atoms with Crippen molar-refractivity contribution in [2.75, 3.05) is 41.4 Å². The molecule has 9 nitrogen and oxygen atoms in total. The fourth-order valence-corrected chi connectivity index (χ4v) is 4.10. The van der Waals surface area contributed by atoms with Crippen LogP contribution in [-0.4, -0.2) is 79.0 Å². The number of aliphatic hydroxyl groups is 1. The molecule has 2 aromatic rings. The van der Waals surface area contributed by atoms with Crippen LogP contribution in [-0.2, 0) is 14.3 Å². The quantitative estimate of drug-likeness (QED) is 0.285. The second-order valence-corrected chi connectivity index (χ2v) is 8.19. The second-order valence-electron chi connectivity index (χ2n) is 8.19. The number of likely N-dealkylation sites (N-methyl/N-ethyl adjacent to an activating group) is 1. The Morgan fingerprint density at radius 2 is 1.79 bits per heavy atom. The van der Waals surface area contributed by atoms with Crippen LogP contribution in [0.1, 0.15) is 38.9 Å². The number of aromatic amines is 1. The largest absolute Gasteiger partial charge is 0.507 e. The number of Topliss-reactive ketones (excluding diaryl/α,β-unsaturated/α-hetero) is 1. The smallest absolute Gasteiger partial charge is 0.354 e. The molecule has 33 heavy (non-hydrogen) atoms. The third-order valence-electron chi connectivity index (χ3n) is 5.82. The average molecular weight is 456 g/mol. The zero-order valence-corrected chi connectivity index (χ0v) is 19.7. The Morgan fingerprint density at radius 1 is 1.15 bits per heavy atom. The first-order valence-electron chi connectivity index (χ1n) is 10.5. The number of likely N-dealkylation sites (tertiary alicyclic amines) is 1. The number of methoxy groups -OCH3 is 2. The van der Waals surface area contributed by atoms with Gasteiger partial charge in [0.25, 0.3) is 11.7 Å². The lowest BCUT2D eigenvalue weighted by Gasteiger charge is -2.26. The number of nitrogens with one attached hydrogen (secondary N) is 1. The van der Waals surface area contributed by atoms with Crippen LogP contribution in [0.4, 0.5) is 0 Å². The molecule has 0 bridgehead atoms. The van der Waals surface area contributed by atoms with Crippen molar-refractivity contribution < 1.29 is 29.0 Å². The molecule has 1 fully saturated rings. The van der Waals surface area contributed by atoms with Gasteiger partial charge in [0.05, 0.1) is 25.8 Å². The van der Waals surface area contributed by atoms with Crippen molar-refractivity contribution >= 4 is 23.4 Å². The molecular formula is C24H29N3O6. The van der Waals surface area contributed by atoms with Crippen LogP contribution in [0.5, 0.6) is 5.75 Å². The van der Waals surface area contributed by atoms with Gasteiger partial charge in [-0.15, -0.1) is 0 Å². The topological polar surface area (TPSA) is 112 Å². The van der Waals surface area contributed by atoms with Gasteiger partial charge in [0.15, 0.2) is 0 Å². The van der Waals surface area contributed by atoms with Crippen LogP contribution < -0.4 is 4.74 Å². The first kappa shape index (κ1) is 24.1. The van der Waals surface area contributed by atoms with E-state index in [1.165, 1.54) is 12.0 Å². The minimum Gasteiger partial charge on any atom is -0.507 e. The third-order valence-corrected chi connectivity index (χ3v) is 5.82. The van der Waals surface area contributed by atoms with E-state index < -0.39 is 23.7 Å². The maximum atomic E-state index is 13.2. The van der Waals surface area contributed by atoms with Gasteiger partial charge < -0.3 is 29.4 Å². The minimum absolute atomic E-state index is 0.0226. The maximum absolute atomic E-state index is 13.2. The fourth-order valence-electron chi connectivity index (χ4n) is 4.10. The summed E-state index contributed by atoms with van der Waals surface area (Å²) in [4.78, 5) is 44.6. The number of aryl methyl sites for hydroxylation is 1. The summed E-state index contributed by atoms with van der Waals surface area (Å²) in [5.41, 5.74) is 2.04. The van der Waals surface area contributed by atoms with Crippen molar-refractivity contribution in [1.82, 2.24) is 14.8 Å². The van der Waals surface area contributed by atoms with E-state index in [0.29, 0.717) is 41.2 Å². The molecule has 1 amide bonds. The number of ketones is 1. The number of aromatic nitrogens is 1. The molecule has 0 aliphatic carbocycles. The number of ether oxygens (including phenoxy) is 2. The fraction of sp³-hybridized carbons (Fsp3) is 0.375. The molecule has 2 N–H and O–H groups in total. The average Bonchev–Trinajstić information content (AvgIpc) is 3.23. The molecule has 9 heteroatoms. The summed E-state index contributed by atoms with van der Waals surface area (Å²) in [6.07, 6.45) is 0. The zero-order chi connectivity index (χ0) is 24.4. The van der Waals surface area contributed by atoms with Gasteiger partial charge in [0, 0.05) is 24.3 Å². The molecule has 0 spiro atoms. The van der Waals surface area contributed by atoms with Crippen LogP contribution in [0.15, 0.2) is 29.8 Å². The zero-order valence-electron chi connectivity index (χ0n) is 19.7. The number of benzene rings is 1. The van der Waals surface area contributed by atoms with E-state index in [2.05, 4.69) is 4.98 Å². The molecule has 1 atom stereocenters. The van der Waals surface area contributed by atoms with E-state index in [0.717, 1.165) is 0 Å². The van der Waals surface area contributed by atoms with Crippen LogP contribution >= 0.6 is 0 Å². The minimum atomic E-state index is -0.786. The summed E-state index contributed by atoms with van der Waals surface area (Å²) in [6.45, 7) is 4.16. The number of carbonyl (C=O) groups excluding carboxylic acids is 3. The van der Waals surface area contributed by atoms with Gasteiger partial charge in [-0.25, -0.2) is 4.79 Å². The number of esters is 1. The number of rotatable bonds is 7. The maximum Gasteiger partial charge on any atom is 0.354 e. The van der Waals surface area contributed by atoms with E-state index in [-0.39, 0.29) is 17.0 Å². The van der Waals surface area contributed by atoms with Crippen LogP contribution in [0.3, 0.4) is 0 Å². The molecule has 1 aliphatic rings. The summed E-state index contributed by atoms with van der Waals surface area (Å²) in [7, 11) is 6.56. The Kier molecular flexibility index (Phi) is 6.92. The standard InChI is InChI=1S/C24H29N3O6/c1-13-17(14(2)25-19(13)24(31)33-6)21(28)18-20(15-7-9-16(32-5)10-8-15)27(12-11-26(3)4)23(30)22(18)29/h7-10,20,25,28H,11-12H2,1-6H3/b21-18-. The Balaban J connectivity index is 2.21. The summed E-state index contributed by atoms with van der Waals surface area (Å²) in [5, 5.41) is 11.3. The molecular weight excluding hydrogens is 426 g/mol. The van der Waals surface area contributed by atoms with Crippen LogP contribution in [0.2, 0.25) is 0 Å². The molecule has 3 rings (SSSR count). The SMILES string of the molecule is COC(=O)c1[nH]c(C)c(/C(O)=C2/C(=O)C(=O)N(CCN(C)C)C2c2ccc(OC)cc2)c1C. The second kappa shape index (κ2) is 9.50. The van der Waals surface area contributed by atoms with Gasteiger partial charge in [0.2, 0.25) is 0 Å². The summed E-state index contributed by atoms with van der Waals surface area (Å²) in [5.74, 6) is -1.75. The van der Waals surface area contributed by atoms with Gasteiger partial charge in [-0.3, -0.25) is 9.59 Å². The van der Waals surface area contributed by atoms with Gasteiger partial charge >= 0.3 is 5.97 Å². The van der Waals surface area contributed by atoms with E-state index in [9.17, 15) is 19.5 Å². The number of hydrogen-bond acceptors (Lipinski definition) is 7. The molecule has 1 saturated heterocycles. The molecule has 0 radical (unpaired) electrons. The Labute approximate surface area is 192 Å². The highest BCUT2D eigenvalue weighted by atomic mass is 16.5. The summed E-state index contributed by atoms with van der Waals surface area (Å²) < 4.78 is 10.0. The van der Waals surface area contributed by atoms with E-state index in [1.807, 2.05) is 19.0 Å². The monoisotopic (exact) mass is 455 g/mol. The predicted molar refractivity (Wildman–Crippen MR) is 122 cm³/mol. The van der Waals surface area contributed by atoms with Crippen molar-refractivity contribution in [2.45, 2.75) is 19.9 Å². The molecule has 1 aromatic heterocycles. The molecule has 1 aromatic carbocycles. The Hall–Kier alpha value is -3.59. The third kappa shape index (κ3) is 4.36. The summed E-state index contributed by atoms with van der Waals surface area (Å²) >= 11 is 0. The van der Waals surface area contributed by atoms with E-state index in [1.54, 1.807) is 45.2 Å². The lowest BCUT2D eigenvalue weighted by molar-refractivity contribution is -0.140. The normalized spacial score (nSPS) is 17.7. The Morgan fingerprint density at radius 3 is 2.33 bits per heavy atom. The first-order chi connectivity index (χ1) is 15.6. The number of carbonyl (C=O) groups is 3. The van der Waals surface area contributed by atoms with Crippen molar-refractivity contribution in [2.24, 2.45) is 0 Å². The van der Waals surface area contributed by atoms with E-state index in [4.69, 9.17) is 9.47 Å². The predicted octanol–water partition coefficient (Wildman–Crippen LogP) is 2.41. The summed E-state index contributed by atoms with van der Waals surface area (Å²) in [6, 6.07) is 6.23. The first-order valence-corrected chi connectivity index (χ1v) is 10.5. The van der Waals surface area contributed by atoms with Crippen molar-refractivity contribution in [3.05, 3.63) is 57.9 Å². The number of nitrogens with zero attached hydrogens (tertiary/aromatic N) is 2. The van der Waals surface area contributed by atoms with Crippen LogP contribution in [0.25, 0.3) is 5.76 Å². The van der Waals surface area contributed by atoms with Crippen molar-refractivity contribution in [3.63, 3.8) is 0 Å². The number of hydrogen-bond donors (Lipinski definition) is 2. The lowest BCUT2D eigenvalue weighted by Crippen LogP contribution is -2.35. The van der Waals surface area contributed by atoms with Crippen LogP contribution in [0, 0.1) is 13.8 Å². The van der Waals surface area contributed by atoms with Gasteiger partial charge in [0.1, 0.15) is 17.2 Å². The van der Waals surface area contributed by atoms with Crippen molar-refractivity contribution in [1.29, 1.82) is 0 Å². The van der Waals surface area contributed by atoms with Gasteiger partial charge in [-0.05, 0) is 51.2 Å². The van der Waals surface area contributed by atoms with E-state index >= 15 is 0 Å². The molecule has 1 unspecified atom stereocenters. The lowest BCUT2D eigenvalue weighted by atomic mass is 9.94. The number of amides is 1. The number of aliphatic hydroxyl groups excluding tert-OH is 1. The van der Waals surface area contributed by atoms with Crippen molar-refractivity contribution in [3.8, 4) is 5.75 Å². The highest BCUT2D eigenvalue weighted by Crippen LogP contribution is 2.41.